The second-order valence-electron chi connectivity index (χ2n) is 6.75. The number of anilines is 1. The third-order valence-electron chi connectivity index (χ3n) is 4.43. The van der Waals surface area contributed by atoms with Gasteiger partial charge in [0.15, 0.2) is 0 Å². The van der Waals surface area contributed by atoms with E-state index >= 15 is 0 Å². The molecule has 0 aliphatic rings. The number of carbonyl (C=O) groups is 1. The minimum atomic E-state index is -4.42. The SMILES string of the molecule is O=C(/C=C/c1ccc(C(F)(F)F)cc1)NCc1ccccc1NS(=O)(=O)c1ccccc1. The first kappa shape index (κ1) is 23.1. The molecule has 0 aromatic heterocycles. The quantitative estimate of drug-likeness (QED) is 0.496. The summed E-state index contributed by atoms with van der Waals surface area (Å²) in [5.41, 5.74) is 0.532. The molecule has 3 aromatic rings. The number of nitrogens with one attached hydrogen (secondary N) is 2. The summed E-state index contributed by atoms with van der Waals surface area (Å²) in [6.07, 6.45) is -1.84. The molecular formula is C23H19F3N2O3S. The molecule has 9 heteroatoms. The van der Waals surface area contributed by atoms with Crippen molar-refractivity contribution in [3.8, 4) is 0 Å². The lowest BCUT2D eigenvalue weighted by molar-refractivity contribution is -0.137. The monoisotopic (exact) mass is 460 g/mol. The number of halogens is 3. The van der Waals surface area contributed by atoms with Crippen molar-refractivity contribution in [2.75, 3.05) is 4.72 Å². The van der Waals surface area contributed by atoms with E-state index in [1.807, 2.05) is 0 Å². The number of hydrogen-bond acceptors (Lipinski definition) is 3. The van der Waals surface area contributed by atoms with Crippen LogP contribution in [0.5, 0.6) is 0 Å². The Morgan fingerprint density at radius 1 is 0.875 bits per heavy atom. The highest BCUT2D eigenvalue weighted by atomic mass is 32.2. The number of carbonyl (C=O) groups excluding carboxylic acids is 1. The van der Waals surface area contributed by atoms with Gasteiger partial charge in [0.2, 0.25) is 5.91 Å². The van der Waals surface area contributed by atoms with Crippen molar-refractivity contribution in [2.24, 2.45) is 0 Å². The number of sulfonamides is 1. The molecule has 0 bridgehead atoms. The standard InChI is InChI=1S/C23H19F3N2O3S/c24-23(25,26)19-13-10-17(11-14-19)12-15-22(29)27-16-18-6-4-5-9-21(18)28-32(30,31)20-7-2-1-3-8-20/h1-15,28H,16H2,(H,27,29)/b15-12+. The topological polar surface area (TPSA) is 75.3 Å². The largest absolute Gasteiger partial charge is 0.416 e. The summed E-state index contributed by atoms with van der Waals surface area (Å²) in [7, 11) is -3.79. The zero-order chi connectivity index (χ0) is 23.2. The number of hydrogen-bond donors (Lipinski definition) is 2. The molecule has 0 heterocycles. The van der Waals surface area contributed by atoms with Gasteiger partial charge >= 0.3 is 6.18 Å². The molecule has 0 radical (unpaired) electrons. The molecule has 0 unspecified atom stereocenters. The van der Waals surface area contributed by atoms with E-state index in [0.29, 0.717) is 16.8 Å². The lowest BCUT2D eigenvalue weighted by Crippen LogP contribution is -2.22. The molecule has 0 atom stereocenters. The minimum Gasteiger partial charge on any atom is -0.348 e. The Labute approximate surface area is 183 Å². The second kappa shape index (κ2) is 9.69. The van der Waals surface area contributed by atoms with Crippen LogP contribution in [0.3, 0.4) is 0 Å². The molecule has 166 valence electrons. The second-order valence-corrected chi connectivity index (χ2v) is 8.43. The Balaban J connectivity index is 1.64. The van der Waals surface area contributed by atoms with Crippen molar-refractivity contribution in [1.29, 1.82) is 0 Å². The maximum atomic E-state index is 12.6. The smallest absolute Gasteiger partial charge is 0.348 e. The van der Waals surface area contributed by atoms with E-state index in [9.17, 15) is 26.4 Å². The van der Waals surface area contributed by atoms with Gasteiger partial charge in [-0.15, -0.1) is 0 Å². The first-order valence-electron chi connectivity index (χ1n) is 9.44. The normalized spacial score (nSPS) is 12.0. The Morgan fingerprint density at radius 2 is 1.50 bits per heavy atom. The minimum absolute atomic E-state index is 0.0453. The summed E-state index contributed by atoms with van der Waals surface area (Å²) in [6, 6.07) is 18.9. The van der Waals surface area contributed by atoms with Gasteiger partial charge < -0.3 is 5.32 Å². The molecule has 0 saturated carbocycles. The van der Waals surface area contributed by atoms with Gasteiger partial charge in [-0.3, -0.25) is 9.52 Å². The van der Waals surface area contributed by atoms with Crippen molar-refractivity contribution in [1.82, 2.24) is 5.32 Å². The van der Waals surface area contributed by atoms with Crippen LogP contribution in [0, 0.1) is 0 Å². The Hall–Kier alpha value is -3.59. The van der Waals surface area contributed by atoms with Crippen LogP contribution in [-0.2, 0) is 27.5 Å². The van der Waals surface area contributed by atoms with Gasteiger partial charge in [-0.25, -0.2) is 8.42 Å². The van der Waals surface area contributed by atoms with Crippen LogP contribution < -0.4 is 10.0 Å². The summed E-state index contributed by atoms with van der Waals surface area (Å²) in [4.78, 5) is 12.2. The Bertz CT molecular complexity index is 1210. The van der Waals surface area contributed by atoms with Gasteiger partial charge in [-0.2, -0.15) is 13.2 Å². The summed E-state index contributed by atoms with van der Waals surface area (Å²) < 4.78 is 65.4. The number of alkyl halides is 3. The Kier molecular flexibility index (Phi) is 6.99. The van der Waals surface area contributed by atoms with E-state index in [2.05, 4.69) is 10.0 Å². The third-order valence-corrected chi connectivity index (χ3v) is 5.81. The fourth-order valence-corrected chi connectivity index (χ4v) is 3.90. The summed E-state index contributed by atoms with van der Waals surface area (Å²) in [5, 5.41) is 2.63. The molecule has 3 aromatic carbocycles. The fraction of sp³-hybridized carbons (Fsp3) is 0.0870. The van der Waals surface area contributed by atoms with E-state index < -0.39 is 27.7 Å². The number of benzene rings is 3. The van der Waals surface area contributed by atoms with E-state index in [1.54, 1.807) is 42.5 Å². The maximum Gasteiger partial charge on any atom is 0.416 e. The molecule has 0 saturated heterocycles. The molecule has 3 rings (SSSR count). The molecular weight excluding hydrogens is 441 g/mol. The first-order valence-corrected chi connectivity index (χ1v) is 10.9. The van der Waals surface area contributed by atoms with Crippen LogP contribution in [0.15, 0.2) is 89.8 Å². The fourth-order valence-electron chi connectivity index (χ4n) is 2.77. The van der Waals surface area contributed by atoms with Crippen LogP contribution >= 0.6 is 0 Å². The van der Waals surface area contributed by atoms with Gasteiger partial charge in [-0.1, -0.05) is 48.5 Å². The molecule has 5 nitrogen and oxygen atoms in total. The van der Waals surface area contributed by atoms with Gasteiger partial charge in [-0.05, 0) is 47.5 Å². The van der Waals surface area contributed by atoms with Crippen LogP contribution in [0.25, 0.3) is 6.08 Å². The lowest BCUT2D eigenvalue weighted by atomic mass is 10.1. The van der Waals surface area contributed by atoms with Crippen molar-refractivity contribution in [3.05, 3.63) is 102 Å². The highest BCUT2D eigenvalue weighted by Gasteiger charge is 2.29. The highest BCUT2D eigenvalue weighted by Crippen LogP contribution is 2.29. The average molecular weight is 460 g/mol. The highest BCUT2D eigenvalue weighted by molar-refractivity contribution is 7.92. The van der Waals surface area contributed by atoms with E-state index in [0.717, 1.165) is 12.1 Å². The zero-order valence-electron chi connectivity index (χ0n) is 16.6. The summed E-state index contributed by atoms with van der Waals surface area (Å²) >= 11 is 0. The van der Waals surface area contributed by atoms with Gasteiger partial charge in [0.05, 0.1) is 16.1 Å². The average Bonchev–Trinajstić information content (AvgIpc) is 2.77. The van der Waals surface area contributed by atoms with Gasteiger partial charge in [0.25, 0.3) is 10.0 Å². The van der Waals surface area contributed by atoms with E-state index in [-0.39, 0.29) is 11.4 Å². The van der Waals surface area contributed by atoms with Crippen molar-refractivity contribution >= 4 is 27.7 Å². The van der Waals surface area contributed by atoms with E-state index in [4.69, 9.17) is 0 Å². The predicted octanol–water partition coefficient (Wildman–Crippen LogP) is 4.84. The number of rotatable bonds is 7. The molecule has 0 aliphatic heterocycles. The summed E-state index contributed by atoms with van der Waals surface area (Å²) in [6.45, 7) is 0.0453. The van der Waals surface area contributed by atoms with Crippen molar-refractivity contribution < 1.29 is 26.4 Å². The Morgan fingerprint density at radius 3 is 2.16 bits per heavy atom. The summed E-state index contributed by atoms with van der Waals surface area (Å²) in [5.74, 6) is -0.481. The predicted molar refractivity (Wildman–Crippen MR) is 116 cm³/mol. The molecule has 0 fully saturated rings. The van der Waals surface area contributed by atoms with Crippen molar-refractivity contribution in [2.45, 2.75) is 17.6 Å². The van der Waals surface area contributed by atoms with Gasteiger partial charge in [0, 0.05) is 12.6 Å². The maximum absolute atomic E-state index is 12.6. The van der Waals surface area contributed by atoms with Crippen LogP contribution in [0.1, 0.15) is 16.7 Å². The molecule has 0 spiro atoms. The molecule has 0 aliphatic carbocycles. The van der Waals surface area contributed by atoms with Gasteiger partial charge in [0.1, 0.15) is 0 Å². The number of para-hydroxylation sites is 1. The molecule has 1 amide bonds. The molecule has 2 N–H and O–H groups in total. The molecule has 32 heavy (non-hydrogen) atoms. The van der Waals surface area contributed by atoms with Crippen LogP contribution in [-0.4, -0.2) is 14.3 Å². The third kappa shape index (κ3) is 6.21. The van der Waals surface area contributed by atoms with Crippen molar-refractivity contribution in [3.63, 3.8) is 0 Å². The zero-order valence-corrected chi connectivity index (χ0v) is 17.5. The van der Waals surface area contributed by atoms with E-state index in [1.165, 1.54) is 36.4 Å². The van der Waals surface area contributed by atoms with Crippen LogP contribution in [0.2, 0.25) is 0 Å². The lowest BCUT2D eigenvalue weighted by Gasteiger charge is -2.13. The van der Waals surface area contributed by atoms with Crippen LogP contribution in [0.4, 0.5) is 18.9 Å². The number of amides is 1. The first-order chi connectivity index (χ1) is 15.1.